The van der Waals surface area contributed by atoms with Crippen molar-refractivity contribution in [2.24, 2.45) is 5.73 Å². The maximum absolute atomic E-state index is 12.2. The molecule has 0 unspecified atom stereocenters. The minimum Gasteiger partial charge on any atom is -0.365 e. The smallest absolute Gasteiger partial charge is 0.251 e. The van der Waals surface area contributed by atoms with E-state index < -0.39 is 5.91 Å². The molecule has 0 spiro atoms. The highest BCUT2D eigenvalue weighted by Gasteiger charge is 2.28. The quantitative estimate of drug-likeness (QED) is 0.804. The number of hydrogen-bond acceptors (Lipinski definition) is 5. The Balaban J connectivity index is 1.83. The van der Waals surface area contributed by atoms with Gasteiger partial charge < -0.3 is 16.0 Å². The molecule has 0 aromatic carbocycles. The van der Waals surface area contributed by atoms with Gasteiger partial charge in [0.2, 0.25) is 11.8 Å². The number of amides is 3. The van der Waals surface area contributed by atoms with Gasteiger partial charge in [-0.1, -0.05) is 6.07 Å². The number of nitrogens with zero attached hydrogens (tertiary/aromatic N) is 1. The number of nitrogens with one attached hydrogen (secondary N) is 1. The first-order valence-electron chi connectivity index (χ1n) is 7.68. The van der Waals surface area contributed by atoms with Crippen molar-refractivity contribution < 1.29 is 14.4 Å². The van der Waals surface area contributed by atoms with Gasteiger partial charge in [-0.05, 0) is 29.5 Å². The molecule has 8 heteroatoms. The van der Waals surface area contributed by atoms with Crippen LogP contribution in [0, 0.1) is 0 Å². The van der Waals surface area contributed by atoms with E-state index in [1.54, 1.807) is 11.0 Å². The van der Waals surface area contributed by atoms with Crippen molar-refractivity contribution in [3.05, 3.63) is 44.5 Å². The molecule has 1 aliphatic heterocycles. The van der Waals surface area contributed by atoms with Crippen molar-refractivity contribution in [2.75, 3.05) is 11.9 Å². The number of carbonyl (C=O) groups is 3. The summed E-state index contributed by atoms with van der Waals surface area (Å²) in [7, 11) is 0. The molecular weight excluding hydrogens is 358 g/mol. The number of fused-ring (bicyclic) bond motifs is 1. The van der Waals surface area contributed by atoms with Crippen LogP contribution < -0.4 is 11.1 Å². The monoisotopic (exact) mass is 375 g/mol. The zero-order valence-corrected chi connectivity index (χ0v) is 15.2. The van der Waals surface area contributed by atoms with Crippen LogP contribution in [0.3, 0.4) is 0 Å². The Labute approximate surface area is 152 Å². The van der Waals surface area contributed by atoms with Crippen LogP contribution in [0.1, 0.15) is 32.6 Å². The second kappa shape index (κ2) is 7.20. The number of carbonyl (C=O) groups excluding carboxylic acids is 3. The molecule has 25 heavy (non-hydrogen) atoms. The Hall–Kier alpha value is -2.45. The fourth-order valence-electron chi connectivity index (χ4n) is 2.72. The van der Waals surface area contributed by atoms with Crippen LogP contribution in [0.25, 0.3) is 6.08 Å². The minimum atomic E-state index is -0.564. The molecule has 0 aliphatic carbocycles. The molecule has 0 radical (unpaired) electrons. The van der Waals surface area contributed by atoms with Gasteiger partial charge in [0.25, 0.3) is 5.91 Å². The van der Waals surface area contributed by atoms with Gasteiger partial charge in [-0.2, -0.15) is 0 Å². The average molecular weight is 375 g/mol. The van der Waals surface area contributed by atoms with Crippen LogP contribution in [-0.2, 0) is 22.6 Å². The third kappa shape index (κ3) is 3.80. The Kier molecular flexibility index (Phi) is 5.00. The number of primary amides is 1. The molecule has 6 nitrogen and oxygen atoms in total. The van der Waals surface area contributed by atoms with Crippen LogP contribution in [0.4, 0.5) is 5.00 Å². The summed E-state index contributed by atoms with van der Waals surface area (Å²) >= 11 is 2.83. The molecule has 1 aliphatic rings. The number of rotatable bonds is 4. The van der Waals surface area contributed by atoms with E-state index in [4.69, 9.17) is 5.73 Å². The molecule has 0 saturated carbocycles. The predicted molar refractivity (Wildman–Crippen MR) is 99.6 cm³/mol. The standard InChI is InChI=1S/C17H17N3O3S2/c1-10(21)20-7-6-12-13(9-20)25-17(15(12)16(18)23)19-14(22)5-4-11-3-2-8-24-11/h2-5,8H,6-7,9H2,1H3,(H2,18,23)(H,19,22)/b5-4+. The van der Waals surface area contributed by atoms with Gasteiger partial charge in [-0.3, -0.25) is 14.4 Å². The van der Waals surface area contributed by atoms with Crippen LogP contribution in [0.15, 0.2) is 23.6 Å². The largest absolute Gasteiger partial charge is 0.365 e. The highest BCUT2D eigenvalue weighted by atomic mass is 32.1. The van der Waals surface area contributed by atoms with E-state index in [-0.39, 0.29) is 11.8 Å². The van der Waals surface area contributed by atoms with Crippen LogP contribution in [0.2, 0.25) is 0 Å². The molecule has 130 valence electrons. The summed E-state index contributed by atoms with van der Waals surface area (Å²) in [6.07, 6.45) is 3.71. The van der Waals surface area contributed by atoms with E-state index in [1.165, 1.54) is 35.7 Å². The average Bonchev–Trinajstić information content (AvgIpc) is 3.19. The summed E-state index contributed by atoms with van der Waals surface area (Å²) in [6, 6.07) is 3.81. The van der Waals surface area contributed by atoms with Crippen molar-refractivity contribution in [1.82, 2.24) is 4.90 Å². The van der Waals surface area contributed by atoms with E-state index in [0.717, 1.165) is 15.3 Å². The maximum Gasteiger partial charge on any atom is 0.251 e. The van der Waals surface area contributed by atoms with Gasteiger partial charge in [-0.15, -0.1) is 22.7 Å². The summed E-state index contributed by atoms with van der Waals surface area (Å²) < 4.78 is 0. The second-order valence-electron chi connectivity index (χ2n) is 5.60. The second-order valence-corrected chi connectivity index (χ2v) is 7.69. The van der Waals surface area contributed by atoms with Gasteiger partial charge in [0.05, 0.1) is 12.1 Å². The third-order valence-electron chi connectivity index (χ3n) is 3.93. The molecule has 2 aromatic heterocycles. The summed E-state index contributed by atoms with van der Waals surface area (Å²) in [5.74, 6) is -0.895. The van der Waals surface area contributed by atoms with E-state index in [1.807, 2.05) is 17.5 Å². The van der Waals surface area contributed by atoms with Gasteiger partial charge in [0.1, 0.15) is 5.00 Å². The van der Waals surface area contributed by atoms with Crippen molar-refractivity contribution in [3.63, 3.8) is 0 Å². The summed E-state index contributed by atoms with van der Waals surface area (Å²) in [6.45, 7) is 2.51. The molecule has 3 rings (SSSR count). The Morgan fingerprint density at radius 1 is 1.36 bits per heavy atom. The van der Waals surface area contributed by atoms with E-state index in [0.29, 0.717) is 30.1 Å². The summed E-state index contributed by atoms with van der Waals surface area (Å²) in [5, 5.41) is 5.12. The third-order valence-corrected chi connectivity index (χ3v) is 5.90. The molecule has 3 heterocycles. The minimum absolute atomic E-state index is 0.0101. The molecule has 3 amide bonds. The predicted octanol–water partition coefficient (Wildman–Crippen LogP) is 2.47. The lowest BCUT2D eigenvalue weighted by Gasteiger charge is -2.25. The highest BCUT2D eigenvalue weighted by molar-refractivity contribution is 7.17. The van der Waals surface area contributed by atoms with Gasteiger partial charge in [-0.25, -0.2) is 0 Å². The summed E-state index contributed by atoms with van der Waals surface area (Å²) in [5.41, 5.74) is 6.73. The molecule has 3 N–H and O–H groups in total. The Morgan fingerprint density at radius 3 is 2.80 bits per heavy atom. The molecule has 0 atom stereocenters. The lowest BCUT2D eigenvalue weighted by molar-refractivity contribution is -0.129. The lowest BCUT2D eigenvalue weighted by atomic mass is 10.0. The van der Waals surface area contributed by atoms with E-state index in [9.17, 15) is 14.4 Å². The van der Waals surface area contributed by atoms with E-state index >= 15 is 0 Å². The highest BCUT2D eigenvalue weighted by Crippen LogP contribution is 2.37. The zero-order valence-electron chi connectivity index (χ0n) is 13.6. The lowest BCUT2D eigenvalue weighted by Crippen LogP contribution is -2.34. The van der Waals surface area contributed by atoms with Crippen molar-refractivity contribution in [2.45, 2.75) is 19.9 Å². The Bertz CT molecular complexity index is 853. The molecule has 0 fully saturated rings. The van der Waals surface area contributed by atoms with Gasteiger partial charge in [0, 0.05) is 29.3 Å². The molecular formula is C17H17N3O3S2. The number of nitrogens with two attached hydrogens (primary N) is 1. The fourth-order valence-corrected chi connectivity index (χ4v) is 4.61. The first kappa shape index (κ1) is 17.4. The van der Waals surface area contributed by atoms with Crippen LogP contribution >= 0.6 is 22.7 Å². The molecule has 0 saturated heterocycles. The first-order chi connectivity index (χ1) is 12.0. The van der Waals surface area contributed by atoms with Gasteiger partial charge in [0.15, 0.2) is 0 Å². The normalized spacial score (nSPS) is 13.7. The summed E-state index contributed by atoms with van der Waals surface area (Å²) in [4.78, 5) is 39.2. The number of anilines is 1. The molecule has 0 bridgehead atoms. The van der Waals surface area contributed by atoms with Crippen molar-refractivity contribution in [3.8, 4) is 0 Å². The maximum atomic E-state index is 12.2. The first-order valence-corrected chi connectivity index (χ1v) is 9.37. The zero-order chi connectivity index (χ0) is 18.0. The van der Waals surface area contributed by atoms with Crippen LogP contribution in [0.5, 0.6) is 0 Å². The number of thiophene rings is 2. The fraction of sp³-hybridized carbons (Fsp3) is 0.235. The van der Waals surface area contributed by atoms with E-state index in [2.05, 4.69) is 5.32 Å². The van der Waals surface area contributed by atoms with Crippen molar-refractivity contribution >= 4 is 51.5 Å². The van der Waals surface area contributed by atoms with Gasteiger partial charge >= 0.3 is 0 Å². The van der Waals surface area contributed by atoms with Crippen LogP contribution in [-0.4, -0.2) is 29.2 Å². The number of hydrogen-bond donors (Lipinski definition) is 2. The molecule has 2 aromatic rings. The Morgan fingerprint density at radius 2 is 2.16 bits per heavy atom. The topological polar surface area (TPSA) is 92.5 Å². The SMILES string of the molecule is CC(=O)N1CCc2c(sc(NC(=O)/C=C/c3cccs3)c2C(N)=O)C1. The van der Waals surface area contributed by atoms with Crippen molar-refractivity contribution in [1.29, 1.82) is 0 Å².